The van der Waals surface area contributed by atoms with Gasteiger partial charge in [0.15, 0.2) is 0 Å². The molecule has 3 atom stereocenters. The Morgan fingerprint density at radius 2 is 2.09 bits per heavy atom. The Balaban J connectivity index is 2.19. The van der Waals surface area contributed by atoms with Crippen LogP contribution in [0, 0.1) is 5.92 Å². The molecule has 0 aliphatic carbocycles. The molecule has 1 aliphatic heterocycles. The van der Waals surface area contributed by atoms with Gasteiger partial charge in [-0.2, -0.15) is 0 Å². The van der Waals surface area contributed by atoms with Crippen molar-refractivity contribution in [3.8, 4) is 0 Å². The van der Waals surface area contributed by atoms with E-state index in [0.29, 0.717) is 6.61 Å². The number of aliphatic hydroxyl groups excluding tert-OH is 1. The van der Waals surface area contributed by atoms with Crippen LogP contribution in [0.4, 0.5) is 0 Å². The van der Waals surface area contributed by atoms with E-state index in [1.165, 1.54) is 0 Å². The molecule has 11 heavy (non-hydrogen) atoms. The molecule has 1 heterocycles. The third kappa shape index (κ3) is 1.94. The van der Waals surface area contributed by atoms with Gasteiger partial charge in [0, 0.05) is 25.2 Å². The third-order valence-corrected chi connectivity index (χ3v) is 2.57. The highest BCUT2D eigenvalue weighted by Gasteiger charge is 2.44. The van der Waals surface area contributed by atoms with E-state index in [1.807, 2.05) is 0 Å². The summed E-state index contributed by atoms with van der Waals surface area (Å²) >= 11 is 0. The Labute approximate surface area is 69.2 Å². The van der Waals surface area contributed by atoms with Gasteiger partial charge in [-0.15, -0.1) is 0 Å². The lowest BCUT2D eigenvalue weighted by atomic mass is 10.1. The molecule has 0 aromatic rings. The second-order valence-electron chi connectivity index (χ2n) is 3.79. The maximum atomic E-state index is 8.63. The average molecular weight is 157 g/mol. The first-order chi connectivity index (χ1) is 5.18. The highest BCUT2D eigenvalue weighted by Crippen LogP contribution is 2.33. The summed E-state index contributed by atoms with van der Waals surface area (Å²) in [5, 5.41) is 8.63. The zero-order chi connectivity index (χ0) is 8.43. The molecule has 2 heteroatoms. The van der Waals surface area contributed by atoms with Crippen LogP contribution in [-0.2, 0) is 0 Å². The summed E-state index contributed by atoms with van der Waals surface area (Å²) in [5.41, 5.74) is 0. The lowest BCUT2D eigenvalue weighted by molar-refractivity contribution is 0.270. The molecule has 1 fully saturated rings. The van der Waals surface area contributed by atoms with Gasteiger partial charge in [-0.25, -0.2) is 0 Å². The second kappa shape index (κ2) is 3.55. The van der Waals surface area contributed by atoms with E-state index in [1.54, 1.807) is 0 Å². The van der Waals surface area contributed by atoms with Crippen LogP contribution < -0.4 is 0 Å². The molecular formula is C9H19NO. The SMILES string of the molecule is CC(C)C1C(C)N1CCCO. The summed E-state index contributed by atoms with van der Waals surface area (Å²) in [5.74, 6) is 0.767. The van der Waals surface area contributed by atoms with Crippen molar-refractivity contribution in [2.24, 2.45) is 5.92 Å². The summed E-state index contributed by atoms with van der Waals surface area (Å²) in [6.45, 7) is 8.19. The molecule has 0 amide bonds. The molecule has 2 nitrogen and oxygen atoms in total. The normalized spacial score (nSPS) is 36.3. The fourth-order valence-electron chi connectivity index (χ4n) is 1.98. The van der Waals surface area contributed by atoms with Gasteiger partial charge >= 0.3 is 0 Å². The summed E-state index contributed by atoms with van der Waals surface area (Å²) < 4.78 is 0. The molecule has 0 aromatic carbocycles. The first-order valence-corrected chi connectivity index (χ1v) is 4.55. The van der Waals surface area contributed by atoms with Crippen molar-refractivity contribution in [3.63, 3.8) is 0 Å². The molecular weight excluding hydrogens is 138 g/mol. The maximum Gasteiger partial charge on any atom is 0.0443 e. The molecule has 66 valence electrons. The van der Waals surface area contributed by atoms with E-state index >= 15 is 0 Å². The number of aliphatic hydroxyl groups is 1. The molecule has 1 aliphatic rings. The van der Waals surface area contributed by atoms with Gasteiger partial charge in [0.1, 0.15) is 0 Å². The number of hydrogen-bond acceptors (Lipinski definition) is 2. The Bertz CT molecular complexity index is 125. The van der Waals surface area contributed by atoms with Crippen molar-refractivity contribution in [3.05, 3.63) is 0 Å². The van der Waals surface area contributed by atoms with Crippen LogP contribution in [0.2, 0.25) is 0 Å². The molecule has 0 aromatic heterocycles. The molecule has 1 N–H and O–H groups in total. The van der Waals surface area contributed by atoms with Crippen LogP contribution in [0.5, 0.6) is 0 Å². The molecule has 0 saturated carbocycles. The Kier molecular flexibility index (Phi) is 2.90. The maximum absolute atomic E-state index is 8.63. The lowest BCUT2D eigenvalue weighted by Crippen LogP contribution is -2.09. The van der Waals surface area contributed by atoms with Crippen LogP contribution in [-0.4, -0.2) is 35.2 Å². The van der Waals surface area contributed by atoms with Crippen molar-refractivity contribution in [1.29, 1.82) is 0 Å². The van der Waals surface area contributed by atoms with Gasteiger partial charge < -0.3 is 5.11 Å². The fourth-order valence-corrected chi connectivity index (χ4v) is 1.98. The first-order valence-electron chi connectivity index (χ1n) is 4.55. The quantitative estimate of drug-likeness (QED) is 0.618. The largest absolute Gasteiger partial charge is 0.396 e. The minimum Gasteiger partial charge on any atom is -0.396 e. The highest BCUT2D eigenvalue weighted by molar-refractivity contribution is 5.00. The molecule has 0 bridgehead atoms. The number of nitrogens with zero attached hydrogens (tertiary/aromatic N) is 1. The van der Waals surface area contributed by atoms with Crippen molar-refractivity contribution in [1.82, 2.24) is 4.90 Å². The van der Waals surface area contributed by atoms with Crippen LogP contribution in [0.3, 0.4) is 0 Å². The summed E-state index contributed by atoms with van der Waals surface area (Å²) in [6, 6.07) is 1.53. The van der Waals surface area contributed by atoms with E-state index in [4.69, 9.17) is 5.11 Å². The predicted molar refractivity (Wildman–Crippen MR) is 46.5 cm³/mol. The first kappa shape index (κ1) is 9.01. The van der Waals surface area contributed by atoms with Crippen molar-refractivity contribution >= 4 is 0 Å². The lowest BCUT2D eigenvalue weighted by Gasteiger charge is -2.03. The Morgan fingerprint density at radius 3 is 2.45 bits per heavy atom. The van der Waals surface area contributed by atoms with Crippen LogP contribution in [0.25, 0.3) is 0 Å². The van der Waals surface area contributed by atoms with Crippen LogP contribution >= 0.6 is 0 Å². The predicted octanol–water partition coefficient (Wildman–Crippen LogP) is 1.10. The minimum absolute atomic E-state index is 0.327. The zero-order valence-corrected chi connectivity index (χ0v) is 7.75. The monoisotopic (exact) mass is 157 g/mol. The molecule has 1 rings (SSSR count). The minimum atomic E-state index is 0.327. The molecule has 3 unspecified atom stereocenters. The highest BCUT2D eigenvalue weighted by atomic mass is 16.3. The Morgan fingerprint density at radius 1 is 1.45 bits per heavy atom. The number of hydrogen-bond donors (Lipinski definition) is 1. The van der Waals surface area contributed by atoms with E-state index in [-0.39, 0.29) is 0 Å². The Hall–Kier alpha value is -0.0800. The smallest absolute Gasteiger partial charge is 0.0443 e. The van der Waals surface area contributed by atoms with Crippen LogP contribution in [0.1, 0.15) is 27.2 Å². The standard InChI is InChI=1S/C9H19NO/c1-7(2)9-8(3)10(9)5-4-6-11/h7-9,11H,4-6H2,1-3H3. The van der Waals surface area contributed by atoms with E-state index in [9.17, 15) is 0 Å². The molecule has 0 spiro atoms. The zero-order valence-electron chi connectivity index (χ0n) is 7.75. The van der Waals surface area contributed by atoms with Crippen molar-refractivity contribution in [2.45, 2.75) is 39.3 Å². The average Bonchev–Trinajstić information content (AvgIpc) is 2.57. The molecule has 1 saturated heterocycles. The van der Waals surface area contributed by atoms with Gasteiger partial charge in [-0.05, 0) is 19.3 Å². The topological polar surface area (TPSA) is 23.2 Å². The van der Waals surface area contributed by atoms with Crippen molar-refractivity contribution in [2.75, 3.05) is 13.2 Å². The van der Waals surface area contributed by atoms with Gasteiger partial charge in [0.25, 0.3) is 0 Å². The fraction of sp³-hybridized carbons (Fsp3) is 1.00. The number of rotatable bonds is 4. The summed E-state index contributed by atoms with van der Waals surface area (Å²) in [4.78, 5) is 2.46. The second-order valence-corrected chi connectivity index (χ2v) is 3.79. The summed E-state index contributed by atoms with van der Waals surface area (Å²) in [7, 11) is 0. The van der Waals surface area contributed by atoms with Crippen molar-refractivity contribution < 1.29 is 5.11 Å². The molecule has 0 radical (unpaired) electrons. The van der Waals surface area contributed by atoms with E-state index in [0.717, 1.165) is 31.0 Å². The van der Waals surface area contributed by atoms with Gasteiger partial charge in [0.2, 0.25) is 0 Å². The van der Waals surface area contributed by atoms with E-state index < -0.39 is 0 Å². The van der Waals surface area contributed by atoms with Gasteiger partial charge in [-0.3, -0.25) is 4.90 Å². The van der Waals surface area contributed by atoms with Gasteiger partial charge in [0.05, 0.1) is 0 Å². The third-order valence-electron chi connectivity index (χ3n) is 2.57. The van der Waals surface area contributed by atoms with Crippen LogP contribution in [0.15, 0.2) is 0 Å². The van der Waals surface area contributed by atoms with E-state index in [2.05, 4.69) is 25.7 Å². The summed E-state index contributed by atoms with van der Waals surface area (Å²) in [6.07, 6.45) is 0.924. The van der Waals surface area contributed by atoms with Gasteiger partial charge in [-0.1, -0.05) is 13.8 Å².